The van der Waals surface area contributed by atoms with Crippen LogP contribution in [0.3, 0.4) is 0 Å². The number of ether oxygens (including phenoxy) is 1. The van der Waals surface area contributed by atoms with Crippen LogP contribution in [0.4, 0.5) is 5.82 Å². The fourth-order valence-electron chi connectivity index (χ4n) is 3.04. The predicted octanol–water partition coefficient (Wildman–Crippen LogP) is 0.924. The molecule has 0 aliphatic carbocycles. The van der Waals surface area contributed by atoms with E-state index in [-0.39, 0.29) is 28.5 Å². The Morgan fingerprint density at radius 2 is 1.96 bits per heavy atom. The van der Waals surface area contributed by atoms with Crippen molar-refractivity contribution in [3.05, 3.63) is 51.6 Å². The van der Waals surface area contributed by atoms with Gasteiger partial charge in [0.1, 0.15) is 11.6 Å². The number of imide groups is 1. The third kappa shape index (κ3) is 2.54. The highest BCUT2D eigenvalue weighted by Gasteiger charge is 2.32. The standard InChI is InChI=1S/C18H15N5O5/c1-3-12-21-22-18(28-12)8-4-5-11(27-2)10(6-8)23-13(24)7-9-14(15(23)19)17(26)20-16(9)25/h4-7H,3,19H2,1-2H3,(H,20,25,26). The van der Waals surface area contributed by atoms with Crippen LogP contribution in [0, 0.1) is 0 Å². The Balaban J connectivity index is 1.95. The monoisotopic (exact) mass is 381 g/mol. The number of pyridine rings is 1. The van der Waals surface area contributed by atoms with Crippen LogP contribution in [-0.2, 0) is 6.42 Å². The molecule has 0 atom stereocenters. The molecule has 28 heavy (non-hydrogen) atoms. The smallest absolute Gasteiger partial charge is 0.262 e. The van der Waals surface area contributed by atoms with E-state index in [0.717, 1.165) is 10.6 Å². The second-order valence-electron chi connectivity index (χ2n) is 6.02. The van der Waals surface area contributed by atoms with Crippen LogP contribution in [0.5, 0.6) is 5.75 Å². The van der Waals surface area contributed by atoms with Crippen molar-refractivity contribution >= 4 is 17.6 Å². The molecule has 0 saturated carbocycles. The van der Waals surface area contributed by atoms with Gasteiger partial charge in [0, 0.05) is 18.1 Å². The van der Waals surface area contributed by atoms with Gasteiger partial charge in [0.25, 0.3) is 17.4 Å². The minimum atomic E-state index is -0.661. The van der Waals surface area contributed by atoms with Crippen molar-refractivity contribution in [3.8, 4) is 22.9 Å². The van der Waals surface area contributed by atoms with Crippen molar-refractivity contribution in [3.63, 3.8) is 0 Å². The summed E-state index contributed by atoms with van der Waals surface area (Å²) in [5, 5.41) is 10.0. The van der Waals surface area contributed by atoms with E-state index in [1.165, 1.54) is 7.11 Å². The highest BCUT2D eigenvalue weighted by Crippen LogP contribution is 2.31. The quantitative estimate of drug-likeness (QED) is 0.635. The molecule has 0 unspecified atom stereocenters. The first kappa shape index (κ1) is 17.5. The molecule has 0 fully saturated rings. The van der Waals surface area contributed by atoms with Crippen LogP contribution in [0.1, 0.15) is 33.5 Å². The molecule has 0 saturated heterocycles. The Labute approximate surface area is 157 Å². The lowest BCUT2D eigenvalue weighted by molar-refractivity contribution is 0.0880. The number of carbonyl (C=O) groups is 2. The third-order valence-corrected chi connectivity index (χ3v) is 4.39. The predicted molar refractivity (Wildman–Crippen MR) is 97.5 cm³/mol. The summed E-state index contributed by atoms with van der Waals surface area (Å²) in [6.07, 6.45) is 0.580. The van der Waals surface area contributed by atoms with Crippen LogP contribution < -0.4 is 21.3 Å². The van der Waals surface area contributed by atoms with Crippen LogP contribution >= 0.6 is 0 Å². The van der Waals surface area contributed by atoms with E-state index in [1.54, 1.807) is 18.2 Å². The molecule has 3 heterocycles. The number of aryl methyl sites for hydroxylation is 1. The molecule has 0 radical (unpaired) electrons. The second kappa shape index (κ2) is 6.34. The summed E-state index contributed by atoms with van der Waals surface area (Å²) in [5.41, 5.74) is 6.22. The van der Waals surface area contributed by atoms with Gasteiger partial charge >= 0.3 is 0 Å². The fourth-order valence-corrected chi connectivity index (χ4v) is 3.04. The number of nitrogens with zero attached hydrogens (tertiary/aromatic N) is 3. The van der Waals surface area contributed by atoms with Gasteiger partial charge in [-0.2, -0.15) is 0 Å². The zero-order valence-corrected chi connectivity index (χ0v) is 15.0. The Bertz CT molecular complexity index is 1190. The minimum absolute atomic E-state index is 0.0524. The lowest BCUT2D eigenvalue weighted by Gasteiger charge is -2.15. The van der Waals surface area contributed by atoms with Gasteiger partial charge in [-0.25, -0.2) is 0 Å². The fraction of sp³-hybridized carbons (Fsp3) is 0.167. The van der Waals surface area contributed by atoms with Crippen molar-refractivity contribution in [1.29, 1.82) is 0 Å². The van der Waals surface area contributed by atoms with Crippen LogP contribution in [0.2, 0.25) is 0 Å². The van der Waals surface area contributed by atoms with E-state index >= 15 is 0 Å². The van der Waals surface area contributed by atoms with Gasteiger partial charge in [0.05, 0.1) is 23.9 Å². The van der Waals surface area contributed by atoms with Gasteiger partial charge in [-0.3, -0.25) is 24.3 Å². The number of amides is 2. The lowest BCUT2D eigenvalue weighted by Crippen LogP contribution is -2.24. The molecule has 142 valence electrons. The number of fused-ring (bicyclic) bond motifs is 1. The minimum Gasteiger partial charge on any atom is -0.495 e. The molecular formula is C18H15N5O5. The molecule has 3 N–H and O–H groups in total. The van der Waals surface area contributed by atoms with Crippen LogP contribution in [0.15, 0.2) is 33.5 Å². The number of benzene rings is 1. The van der Waals surface area contributed by atoms with Crippen molar-refractivity contribution in [2.75, 3.05) is 12.8 Å². The zero-order chi connectivity index (χ0) is 20.0. The first-order valence-electron chi connectivity index (χ1n) is 8.37. The Morgan fingerprint density at radius 3 is 2.64 bits per heavy atom. The topological polar surface area (TPSA) is 142 Å². The van der Waals surface area contributed by atoms with Gasteiger partial charge in [-0.1, -0.05) is 6.92 Å². The SMILES string of the molecule is CCc1nnc(-c2ccc(OC)c(-n3c(N)c4c(cc3=O)C(=O)NC4=O)c2)o1. The molecule has 1 aliphatic rings. The number of anilines is 1. The number of aromatic nitrogens is 3. The van der Waals surface area contributed by atoms with E-state index in [0.29, 0.717) is 23.6 Å². The molecular weight excluding hydrogens is 366 g/mol. The summed E-state index contributed by atoms with van der Waals surface area (Å²) in [6.45, 7) is 1.88. The van der Waals surface area contributed by atoms with Crippen molar-refractivity contribution in [2.45, 2.75) is 13.3 Å². The van der Waals surface area contributed by atoms with Crippen molar-refractivity contribution in [1.82, 2.24) is 20.1 Å². The Hall–Kier alpha value is -3.95. The molecule has 3 aromatic rings. The zero-order valence-electron chi connectivity index (χ0n) is 15.0. The average Bonchev–Trinajstić information content (AvgIpc) is 3.26. The maximum Gasteiger partial charge on any atom is 0.262 e. The molecule has 4 rings (SSSR count). The van der Waals surface area contributed by atoms with E-state index in [1.807, 2.05) is 6.92 Å². The summed E-state index contributed by atoms with van der Waals surface area (Å²) in [6, 6.07) is 5.97. The summed E-state index contributed by atoms with van der Waals surface area (Å²) in [5.74, 6) is -0.419. The molecule has 2 aromatic heterocycles. The second-order valence-corrected chi connectivity index (χ2v) is 6.02. The molecule has 10 nitrogen and oxygen atoms in total. The number of carbonyl (C=O) groups excluding carboxylic acids is 2. The summed E-state index contributed by atoms with van der Waals surface area (Å²) in [4.78, 5) is 36.6. The average molecular weight is 381 g/mol. The maximum atomic E-state index is 12.7. The molecule has 1 aliphatic heterocycles. The van der Waals surface area contributed by atoms with Crippen LogP contribution in [0.25, 0.3) is 17.1 Å². The lowest BCUT2D eigenvalue weighted by atomic mass is 10.1. The largest absolute Gasteiger partial charge is 0.495 e. The number of nitrogen functional groups attached to an aromatic ring is 1. The van der Waals surface area contributed by atoms with E-state index < -0.39 is 17.4 Å². The summed E-state index contributed by atoms with van der Waals surface area (Å²) >= 11 is 0. The van der Waals surface area contributed by atoms with E-state index in [2.05, 4.69) is 15.5 Å². The third-order valence-electron chi connectivity index (χ3n) is 4.39. The molecule has 0 bridgehead atoms. The van der Waals surface area contributed by atoms with Crippen molar-refractivity contribution < 1.29 is 18.7 Å². The highest BCUT2D eigenvalue weighted by molar-refractivity contribution is 6.23. The van der Waals surface area contributed by atoms with Crippen molar-refractivity contribution in [2.24, 2.45) is 0 Å². The van der Waals surface area contributed by atoms with Crippen LogP contribution in [-0.4, -0.2) is 33.7 Å². The molecule has 2 amide bonds. The molecule has 10 heteroatoms. The van der Waals surface area contributed by atoms with Gasteiger partial charge < -0.3 is 14.9 Å². The number of nitrogens with one attached hydrogen (secondary N) is 1. The first-order valence-corrected chi connectivity index (χ1v) is 8.37. The number of hydrogen-bond donors (Lipinski definition) is 2. The number of rotatable bonds is 4. The first-order chi connectivity index (χ1) is 13.4. The van der Waals surface area contributed by atoms with Gasteiger partial charge in [-0.05, 0) is 18.2 Å². The van der Waals surface area contributed by atoms with Gasteiger partial charge in [-0.15, -0.1) is 10.2 Å². The number of methoxy groups -OCH3 is 1. The number of nitrogens with two attached hydrogens (primary N) is 1. The molecule has 0 spiro atoms. The van der Waals surface area contributed by atoms with E-state index in [9.17, 15) is 14.4 Å². The highest BCUT2D eigenvalue weighted by atomic mass is 16.5. The maximum absolute atomic E-state index is 12.7. The summed E-state index contributed by atoms with van der Waals surface area (Å²) in [7, 11) is 1.44. The Morgan fingerprint density at radius 1 is 1.18 bits per heavy atom. The Kier molecular flexibility index (Phi) is 3.95. The van der Waals surface area contributed by atoms with E-state index in [4.69, 9.17) is 14.9 Å². The summed E-state index contributed by atoms with van der Waals surface area (Å²) < 4.78 is 12.0. The molecule has 1 aromatic carbocycles. The number of hydrogen-bond acceptors (Lipinski definition) is 8. The van der Waals surface area contributed by atoms with Gasteiger partial charge in [0.2, 0.25) is 11.8 Å². The van der Waals surface area contributed by atoms with Gasteiger partial charge in [0.15, 0.2) is 0 Å². The normalized spacial score (nSPS) is 12.8.